The van der Waals surface area contributed by atoms with Crippen LogP contribution in [0.1, 0.15) is 13.8 Å². The van der Waals surface area contributed by atoms with E-state index in [0.717, 1.165) is 22.7 Å². The Kier molecular flexibility index (Phi) is 2.49. The van der Waals surface area contributed by atoms with Crippen LogP contribution >= 0.6 is 0 Å². The number of methoxy groups -OCH3 is 1. The van der Waals surface area contributed by atoms with Gasteiger partial charge in [0.2, 0.25) is 5.95 Å². The highest BCUT2D eigenvalue weighted by atomic mass is 16.5. The van der Waals surface area contributed by atoms with Gasteiger partial charge in [-0.3, -0.25) is 0 Å². The Labute approximate surface area is 88.7 Å². The number of ether oxygens (including phenoxy) is 1. The van der Waals surface area contributed by atoms with Gasteiger partial charge in [0.25, 0.3) is 0 Å². The molecule has 0 saturated heterocycles. The molecule has 2 rings (SSSR count). The fourth-order valence-corrected chi connectivity index (χ4v) is 1.46. The van der Waals surface area contributed by atoms with Crippen molar-refractivity contribution in [2.75, 3.05) is 12.4 Å². The maximum Gasteiger partial charge on any atom is 0.201 e. The van der Waals surface area contributed by atoms with Crippen molar-refractivity contribution in [1.29, 1.82) is 0 Å². The van der Waals surface area contributed by atoms with E-state index in [1.807, 2.05) is 18.2 Å². The molecule has 1 heterocycles. The summed E-state index contributed by atoms with van der Waals surface area (Å²) in [6.07, 6.45) is 0. The number of aromatic amines is 1. The SMILES string of the molecule is COc1ccc2nc(NC(C)C)[nH]c2c1. The molecule has 2 aromatic rings. The highest BCUT2D eigenvalue weighted by Crippen LogP contribution is 2.20. The minimum absolute atomic E-state index is 0.368. The molecule has 80 valence electrons. The lowest BCUT2D eigenvalue weighted by atomic mass is 10.3. The number of imidazole rings is 1. The van der Waals surface area contributed by atoms with Crippen LogP contribution in [-0.4, -0.2) is 23.1 Å². The summed E-state index contributed by atoms with van der Waals surface area (Å²) in [5, 5.41) is 3.22. The van der Waals surface area contributed by atoms with Crippen molar-refractivity contribution in [1.82, 2.24) is 9.97 Å². The van der Waals surface area contributed by atoms with E-state index in [9.17, 15) is 0 Å². The van der Waals surface area contributed by atoms with E-state index in [1.54, 1.807) is 7.11 Å². The molecule has 0 amide bonds. The molecule has 0 radical (unpaired) electrons. The first kappa shape index (κ1) is 9.83. The van der Waals surface area contributed by atoms with E-state index >= 15 is 0 Å². The van der Waals surface area contributed by atoms with Crippen LogP contribution in [0.4, 0.5) is 5.95 Å². The molecule has 0 bridgehead atoms. The van der Waals surface area contributed by atoms with Crippen LogP contribution < -0.4 is 10.1 Å². The van der Waals surface area contributed by atoms with Crippen LogP contribution in [0.3, 0.4) is 0 Å². The monoisotopic (exact) mass is 205 g/mol. The zero-order valence-electron chi connectivity index (χ0n) is 9.16. The summed E-state index contributed by atoms with van der Waals surface area (Å²) in [5.41, 5.74) is 1.93. The Balaban J connectivity index is 2.37. The van der Waals surface area contributed by atoms with Crippen LogP contribution in [0.25, 0.3) is 11.0 Å². The van der Waals surface area contributed by atoms with Crippen molar-refractivity contribution < 1.29 is 4.74 Å². The molecule has 2 N–H and O–H groups in total. The first-order chi connectivity index (χ1) is 7.19. The zero-order chi connectivity index (χ0) is 10.8. The van der Waals surface area contributed by atoms with Crippen molar-refractivity contribution in [2.45, 2.75) is 19.9 Å². The van der Waals surface area contributed by atoms with Gasteiger partial charge >= 0.3 is 0 Å². The Bertz CT molecular complexity index is 462. The molecule has 0 atom stereocenters. The summed E-state index contributed by atoms with van der Waals surface area (Å²) >= 11 is 0. The van der Waals surface area contributed by atoms with Crippen LogP contribution in [0.15, 0.2) is 18.2 Å². The van der Waals surface area contributed by atoms with Gasteiger partial charge in [0.15, 0.2) is 0 Å². The van der Waals surface area contributed by atoms with Gasteiger partial charge in [-0.1, -0.05) is 0 Å². The molecular formula is C11H15N3O. The Morgan fingerprint density at radius 2 is 2.20 bits per heavy atom. The lowest BCUT2D eigenvalue weighted by Gasteiger charge is -2.04. The van der Waals surface area contributed by atoms with Crippen molar-refractivity contribution in [3.05, 3.63) is 18.2 Å². The lowest BCUT2D eigenvalue weighted by Crippen LogP contribution is -2.10. The molecule has 4 heteroatoms. The van der Waals surface area contributed by atoms with E-state index in [1.165, 1.54) is 0 Å². The molecule has 0 aliphatic carbocycles. The minimum Gasteiger partial charge on any atom is -0.497 e. The standard InChI is InChI=1S/C11H15N3O/c1-7(2)12-11-13-9-5-4-8(15-3)6-10(9)14-11/h4-7H,1-3H3,(H2,12,13,14). The molecular weight excluding hydrogens is 190 g/mol. The van der Waals surface area contributed by atoms with Gasteiger partial charge in [0, 0.05) is 12.1 Å². The number of H-pyrrole nitrogens is 1. The second-order valence-electron chi connectivity index (χ2n) is 3.77. The topological polar surface area (TPSA) is 49.9 Å². The third-order valence-corrected chi connectivity index (χ3v) is 2.11. The summed E-state index contributed by atoms with van der Waals surface area (Å²) in [6.45, 7) is 4.15. The predicted molar refractivity (Wildman–Crippen MR) is 61.4 cm³/mol. The first-order valence-corrected chi connectivity index (χ1v) is 4.99. The van der Waals surface area contributed by atoms with Gasteiger partial charge in [-0.2, -0.15) is 0 Å². The average molecular weight is 205 g/mol. The highest BCUT2D eigenvalue weighted by Gasteiger charge is 2.04. The van der Waals surface area contributed by atoms with Gasteiger partial charge in [-0.25, -0.2) is 4.98 Å². The van der Waals surface area contributed by atoms with E-state index in [2.05, 4.69) is 29.1 Å². The fourth-order valence-electron chi connectivity index (χ4n) is 1.46. The molecule has 1 aromatic heterocycles. The molecule has 0 unspecified atom stereocenters. The summed E-state index contributed by atoms with van der Waals surface area (Å²) in [4.78, 5) is 7.61. The second kappa shape index (κ2) is 3.81. The number of anilines is 1. The number of benzene rings is 1. The molecule has 0 fully saturated rings. The fraction of sp³-hybridized carbons (Fsp3) is 0.364. The number of fused-ring (bicyclic) bond motifs is 1. The van der Waals surface area contributed by atoms with Gasteiger partial charge in [-0.15, -0.1) is 0 Å². The van der Waals surface area contributed by atoms with Gasteiger partial charge in [0.1, 0.15) is 5.75 Å². The number of aromatic nitrogens is 2. The molecule has 0 spiro atoms. The molecule has 1 aromatic carbocycles. The summed E-state index contributed by atoms with van der Waals surface area (Å²) in [7, 11) is 1.66. The van der Waals surface area contributed by atoms with Gasteiger partial charge < -0.3 is 15.0 Å². The number of nitrogens with one attached hydrogen (secondary N) is 2. The number of nitrogens with zero attached hydrogens (tertiary/aromatic N) is 1. The average Bonchev–Trinajstić information content (AvgIpc) is 2.57. The zero-order valence-corrected chi connectivity index (χ0v) is 9.16. The number of rotatable bonds is 3. The van der Waals surface area contributed by atoms with Crippen molar-refractivity contribution in [3.8, 4) is 5.75 Å². The van der Waals surface area contributed by atoms with Gasteiger partial charge in [0.05, 0.1) is 18.1 Å². The summed E-state index contributed by atoms with van der Waals surface area (Å²) in [6, 6.07) is 6.15. The van der Waals surface area contributed by atoms with Crippen LogP contribution in [0.5, 0.6) is 5.75 Å². The normalized spacial score (nSPS) is 10.9. The first-order valence-electron chi connectivity index (χ1n) is 4.99. The Morgan fingerprint density at radius 1 is 1.40 bits per heavy atom. The number of hydrogen-bond acceptors (Lipinski definition) is 3. The van der Waals surface area contributed by atoms with E-state index in [0.29, 0.717) is 6.04 Å². The van der Waals surface area contributed by atoms with Gasteiger partial charge in [-0.05, 0) is 26.0 Å². The summed E-state index contributed by atoms with van der Waals surface area (Å²) in [5.74, 6) is 1.63. The highest BCUT2D eigenvalue weighted by molar-refractivity contribution is 5.79. The van der Waals surface area contributed by atoms with Crippen molar-refractivity contribution in [2.24, 2.45) is 0 Å². The molecule has 0 aliphatic rings. The van der Waals surface area contributed by atoms with Crippen molar-refractivity contribution in [3.63, 3.8) is 0 Å². The smallest absolute Gasteiger partial charge is 0.201 e. The Morgan fingerprint density at radius 3 is 2.87 bits per heavy atom. The predicted octanol–water partition coefficient (Wildman–Crippen LogP) is 2.39. The molecule has 0 aliphatic heterocycles. The lowest BCUT2D eigenvalue weighted by molar-refractivity contribution is 0.415. The Hall–Kier alpha value is -1.71. The third kappa shape index (κ3) is 2.03. The largest absolute Gasteiger partial charge is 0.497 e. The maximum atomic E-state index is 5.14. The second-order valence-corrected chi connectivity index (χ2v) is 3.77. The van der Waals surface area contributed by atoms with E-state index in [4.69, 9.17) is 4.74 Å². The minimum atomic E-state index is 0.368. The number of hydrogen-bond donors (Lipinski definition) is 2. The van der Waals surface area contributed by atoms with Crippen molar-refractivity contribution >= 4 is 17.0 Å². The van der Waals surface area contributed by atoms with Crippen LogP contribution in [0, 0.1) is 0 Å². The summed E-state index contributed by atoms with van der Waals surface area (Å²) < 4.78 is 5.14. The van der Waals surface area contributed by atoms with Crippen LogP contribution in [-0.2, 0) is 0 Å². The quantitative estimate of drug-likeness (QED) is 0.808. The van der Waals surface area contributed by atoms with E-state index < -0.39 is 0 Å². The van der Waals surface area contributed by atoms with Crippen LogP contribution in [0.2, 0.25) is 0 Å². The maximum absolute atomic E-state index is 5.14. The molecule has 15 heavy (non-hydrogen) atoms. The third-order valence-electron chi connectivity index (χ3n) is 2.11. The molecule has 0 saturated carbocycles. The van der Waals surface area contributed by atoms with E-state index in [-0.39, 0.29) is 0 Å². The molecule has 4 nitrogen and oxygen atoms in total.